The first-order valence-electron chi connectivity index (χ1n) is 3.59. The maximum Gasteiger partial charge on any atom is 0.387 e. The van der Waals surface area contributed by atoms with E-state index in [1.54, 1.807) is 0 Å². The summed E-state index contributed by atoms with van der Waals surface area (Å²) in [4.78, 5) is 10.6. The molecule has 0 radical (unpaired) electrons. The lowest BCUT2D eigenvalue weighted by Crippen LogP contribution is -2.05. The quantitative estimate of drug-likeness (QED) is 0.911. The van der Waals surface area contributed by atoms with Gasteiger partial charge in [-0.15, -0.1) is 0 Å². The van der Waals surface area contributed by atoms with Crippen LogP contribution >= 0.6 is 31.9 Å². The number of carbonyl (C=O) groups is 1. The highest BCUT2D eigenvalue weighted by atomic mass is 79.9. The van der Waals surface area contributed by atoms with Gasteiger partial charge in [0.2, 0.25) is 0 Å². The summed E-state index contributed by atoms with van der Waals surface area (Å²) in [5.41, 5.74) is -0.138. The molecule has 0 unspecified atom stereocenters. The maximum absolute atomic E-state index is 12.0. The zero-order valence-corrected chi connectivity index (χ0v) is 10.2. The molecule has 0 heterocycles. The molecule has 0 aliphatic rings. The standard InChI is InChI=1S/C8H4Br2F2O3/c9-4-1-3(7(13)14)2-5(6(4)10)15-8(11)12/h1-2,8H,(H,13,14). The van der Waals surface area contributed by atoms with E-state index in [9.17, 15) is 13.6 Å². The third-order valence-corrected chi connectivity index (χ3v) is 3.43. The number of hydrogen-bond acceptors (Lipinski definition) is 2. The predicted octanol–water partition coefficient (Wildman–Crippen LogP) is 3.51. The Morgan fingerprint density at radius 2 is 2.00 bits per heavy atom. The van der Waals surface area contributed by atoms with Crippen LogP contribution in [0.5, 0.6) is 5.75 Å². The minimum absolute atomic E-state index is 0.138. The number of carboxylic acids is 1. The molecule has 1 aromatic rings. The Kier molecular flexibility index (Phi) is 4.04. The molecule has 0 bridgehead atoms. The van der Waals surface area contributed by atoms with Crippen LogP contribution in [-0.4, -0.2) is 17.7 Å². The molecular formula is C8H4Br2F2O3. The van der Waals surface area contributed by atoms with Crippen molar-refractivity contribution in [1.82, 2.24) is 0 Å². The fourth-order valence-electron chi connectivity index (χ4n) is 0.869. The Bertz CT molecular complexity index is 396. The molecular weight excluding hydrogens is 342 g/mol. The van der Waals surface area contributed by atoms with Crippen LogP contribution < -0.4 is 4.74 Å². The van der Waals surface area contributed by atoms with Gasteiger partial charge in [-0.25, -0.2) is 4.79 Å². The van der Waals surface area contributed by atoms with Gasteiger partial charge in [-0.3, -0.25) is 0 Å². The molecule has 0 aliphatic carbocycles. The van der Waals surface area contributed by atoms with Crippen molar-refractivity contribution in [3.63, 3.8) is 0 Å². The first kappa shape index (κ1) is 12.4. The molecule has 0 aliphatic heterocycles. The molecule has 7 heteroatoms. The highest BCUT2D eigenvalue weighted by Crippen LogP contribution is 2.34. The molecule has 1 rings (SSSR count). The van der Waals surface area contributed by atoms with Gasteiger partial charge >= 0.3 is 12.6 Å². The van der Waals surface area contributed by atoms with Crippen LogP contribution in [0, 0.1) is 0 Å². The summed E-state index contributed by atoms with van der Waals surface area (Å²) in [6.07, 6.45) is 0. The molecule has 0 saturated carbocycles. The first-order valence-corrected chi connectivity index (χ1v) is 5.17. The van der Waals surface area contributed by atoms with Gasteiger partial charge in [0.05, 0.1) is 10.0 Å². The summed E-state index contributed by atoms with van der Waals surface area (Å²) in [7, 11) is 0. The largest absolute Gasteiger partial charge is 0.478 e. The van der Waals surface area contributed by atoms with Gasteiger partial charge in [-0.05, 0) is 44.0 Å². The minimum Gasteiger partial charge on any atom is -0.478 e. The molecule has 15 heavy (non-hydrogen) atoms. The summed E-state index contributed by atoms with van der Waals surface area (Å²) in [6, 6.07) is 2.30. The second-order valence-electron chi connectivity index (χ2n) is 2.45. The van der Waals surface area contributed by atoms with Crippen LogP contribution in [0.1, 0.15) is 10.4 Å². The van der Waals surface area contributed by atoms with E-state index in [1.807, 2.05) is 0 Å². The molecule has 82 valence electrons. The fraction of sp³-hybridized carbons (Fsp3) is 0.125. The van der Waals surface area contributed by atoms with Gasteiger partial charge in [-0.2, -0.15) is 8.78 Å². The SMILES string of the molecule is O=C(O)c1cc(Br)c(Br)c(OC(F)F)c1. The molecule has 0 atom stereocenters. The number of benzene rings is 1. The number of rotatable bonds is 3. The van der Waals surface area contributed by atoms with Crippen LogP contribution in [0.4, 0.5) is 8.78 Å². The van der Waals surface area contributed by atoms with Gasteiger partial charge in [-0.1, -0.05) is 0 Å². The van der Waals surface area contributed by atoms with Crippen molar-refractivity contribution in [2.75, 3.05) is 0 Å². The van der Waals surface area contributed by atoms with E-state index >= 15 is 0 Å². The smallest absolute Gasteiger partial charge is 0.387 e. The van der Waals surface area contributed by atoms with Gasteiger partial charge < -0.3 is 9.84 Å². The third-order valence-electron chi connectivity index (χ3n) is 1.46. The van der Waals surface area contributed by atoms with Crippen LogP contribution in [-0.2, 0) is 0 Å². The lowest BCUT2D eigenvalue weighted by molar-refractivity contribution is -0.0504. The highest BCUT2D eigenvalue weighted by Gasteiger charge is 2.15. The van der Waals surface area contributed by atoms with Gasteiger partial charge in [0.25, 0.3) is 0 Å². The fourth-order valence-corrected chi connectivity index (χ4v) is 1.63. The third kappa shape index (κ3) is 3.13. The topological polar surface area (TPSA) is 46.5 Å². The van der Waals surface area contributed by atoms with E-state index in [2.05, 4.69) is 36.6 Å². The van der Waals surface area contributed by atoms with E-state index in [1.165, 1.54) is 6.07 Å². The number of halogens is 4. The lowest BCUT2D eigenvalue weighted by Gasteiger charge is -2.09. The summed E-state index contributed by atoms with van der Waals surface area (Å²) >= 11 is 6.01. The van der Waals surface area contributed by atoms with Crippen LogP contribution in [0.15, 0.2) is 21.1 Å². The molecule has 0 spiro atoms. The second kappa shape index (κ2) is 4.89. The van der Waals surface area contributed by atoms with E-state index < -0.39 is 12.6 Å². The second-order valence-corrected chi connectivity index (χ2v) is 4.10. The average Bonchev–Trinajstić information content (AvgIpc) is 2.11. The number of carboxylic acid groups (broad SMARTS) is 1. The Morgan fingerprint density at radius 3 is 2.47 bits per heavy atom. The van der Waals surface area contributed by atoms with Crippen molar-refractivity contribution in [2.24, 2.45) is 0 Å². The molecule has 0 amide bonds. The summed E-state index contributed by atoms with van der Waals surface area (Å²) in [5.74, 6) is -1.45. The van der Waals surface area contributed by atoms with Crippen molar-refractivity contribution in [1.29, 1.82) is 0 Å². The Hall–Kier alpha value is -0.690. The summed E-state index contributed by atoms with van der Waals surface area (Å²) in [5, 5.41) is 8.68. The van der Waals surface area contributed by atoms with Crippen LogP contribution in [0.25, 0.3) is 0 Å². The lowest BCUT2D eigenvalue weighted by atomic mass is 10.2. The average molecular weight is 346 g/mol. The van der Waals surface area contributed by atoms with Gasteiger partial charge in [0, 0.05) is 4.47 Å². The number of aromatic carboxylic acids is 1. The van der Waals surface area contributed by atoms with E-state index in [-0.39, 0.29) is 15.8 Å². The van der Waals surface area contributed by atoms with E-state index in [0.29, 0.717) is 4.47 Å². The van der Waals surface area contributed by atoms with Crippen molar-refractivity contribution in [2.45, 2.75) is 6.61 Å². The van der Waals surface area contributed by atoms with Crippen molar-refractivity contribution in [3.05, 3.63) is 26.6 Å². The zero-order valence-electron chi connectivity index (χ0n) is 7.01. The Labute approximate surface area is 100 Å². The highest BCUT2D eigenvalue weighted by molar-refractivity contribution is 9.13. The monoisotopic (exact) mass is 344 g/mol. The molecule has 0 aromatic heterocycles. The number of ether oxygens (including phenoxy) is 1. The van der Waals surface area contributed by atoms with Gasteiger partial charge in [0.15, 0.2) is 0 Å². The molecule has 3 nitrogen and oxygen atoms in total. The van der Waals surface area contributed by atoms with Crippen molar-refractivity contribution >= 4 is 37.8 Å². The maximum atomic E-state index is 12.0. The van der Waals surface area contributed by atoms with E-state index in [4.69, 9.17) is 5.11 Å². The summed E-state index contributed by atoms with van der Waals surface area (Å²) in [6.45, 7) is -3.00. The molecule has 0 fully saturated rings. The van der Waals surface area contributed by atoms with Crippen LogP contribution in [0.2, 0.25) is 0 Å². The number of alkyl halides is 2. The molecule has 1 N–H and O–H groups in total. The normalized spacial score (nSPS) is 10.5. The van der Waals surface area contributed by atoms with Crippen LogP contribution in [0.3, 0.4) is 0 Å². The van der Waals surface area contributed by atoms with E-state index in [0.717, 1.165) is 6.07 Å². The Morgan fingerprint density at radius 1 is 1.40 bits per heavy atom. The number of hydrogen-bond donors (Lipinski definition) is 1. The summed E-state index contributed by atoms with van der Waals surface area (Å²) < 4.78 is 28.6. The molecule has 0 saturated heterocycles. The Balaban J connectivity index is 3.19. The minimum atomic E-state index is -3.00. The van der Waals surface area contributed by atoms with Crippen molar-refractivity contribution in [3.8, 4) is 5.75 Å². The molecule has 1 aromatic carbocycles. The predicted molar refractivity (Wildman–Crippen MR) is 55.4 cm³/mol. The zero-order chi connectivity index (χ0) is 11.6. The first-order chi connectivity index (χ1) is 6.91. The van der Waals surface area contributed by atoms with Crippen molar-refractivity contribution < 1.29 is 23.4 Å². The van der Waals surface area contributed by atoms with Gasteiger partial charge in [0.1, 0.15) is 5.75 Å².